The molecule has 3 aromatic rings. The zero-order valence-electron chi connectivity index (χ0n) is 14.5. The van der Waals surface area contributed by atoms with Crippen molar-refractivity contribution < 1.29 is 18.4 Å². The monoisotopic (exact) mass is 368 g/mol. The summed E-state index contributed by atoms with van der Waals surface area (Å²) in [4.78, 5) is 23.8. The molecule has 3 aromatic carbocycles. The van der Waals surface area contributed by atoms with Crippen LogP contribution in [0.5, 0.6) is 0 Å². The number of hydrogen-bond donors (Lipinski definition) is 2. The van der Waals surface area contributed by atoms with Crippen molar-refractivity contribution in [3.05, 3.63) is 83.4 Å². The quantitative estimate of drug-likeness (QED) is 0.699. The Balaban J connectivity index is 1.45. The van der Waals surface area contributed by atoms with Crippen LogP contribution in [-0.2, 0) is 11.3 Å². The van der Waals surface area contributed by atoms with Crippen LogP contribution in [-0.4, -0.2) is 18.4 Å². The smallest absolute Gasteiger partial charge is 0.254 e. The maximum absolute atomic E-state index is 13.5. The Morgan fingerprint density at radius 3 is 2.41 bits per heavy atom. The Morgan fingerprint density at radius 1 is 0.852 bits per heavy atom. The number of benzene rings is 3. The van der Waals surface area contributed by atoms with E-state index in [1.807, 2.05) is 42.5 Å². The van der Waals surface area contributed by atoms with E-state index in [1.54, 1.807) is 0 Å². The van der Waals surface area contributed by atoms with Crippen LogP contribution in [0.1, 0.15) is 22.3 Å². The first kappa shape index (κ1) is 18.5. The average Bonchev–Trinajstić information content (AvgIpc) is 2.66. The topological polar surface area (TPSA) is 58.2 Å². The lowest BCUT2D eigenvalue weighted by atomic mass is 10.1. The predicted octanol–water partition coefficient (Wildman–Crippen LogP) is 3.55. The van der Waals surface area contributed by atoms with Gasteiger partial charge in [0.05, 0.1) is 5.56 Å². The minimum absolute atomic E-state index is 0.0548. The first-order valence-corrected chi connectivity index (χ1v) is 8.50. The molecule has 0 aromatic heterocycles. The summed E-state index contributed by atoms with van der Waals surface area (Å²) in [5.74, 6) is -2.61. The van der Waals surface area contributed by atoms with E-state index < -0.39 is 17.5 Å². The van der Waals surface area contributed by atoms with Crippen molar-refractivity contribution >= 4 is 22.6 Å². The fourth-order valence-electron chi connectivity index (χ4n) is 2.70. The SMILES string of the molecule is O=C(CCNC(=O)c1ccc(F)cc1F)NCc1ccc2ccccc2c1. The van der Waals surface area contributed by atoms with Gasteiger partial charge in [-0.1, -0.05) is 36.4 Å². The van der Waals surface area contributed by atoms with Crippen molar-refractivity contribution in [3.63, 3.8) is 0 Å². The molecule has 0 spiro atoms. The van der Waals surface area contributed by atoms with E-state index in [1.165, 1.54) is 0 Å². The molecule has 0 heterocycles. The van der Waals surface area contributed by atoms with Crippen LogP contribution in [0, 0.1) is 11.6 Å². The number of carbonyl (C=O) groups is 2. The molecule has 138 valence electrons. The summed E-state index contributed by atoms with van der Waals surface area (Å²) in [6.07, 6.45) is 0.0577. The van der Waals surface area contributed by atoms with Gasteiger partial charge in [0.2, 0.25) is 5.91 Å². The van der Waals surface area contributed by atoms with E-state index in [0.29, 0.717) is 12.6 Å². The molecule has 0 saturated carbocycles. The van der Waals surface area contributed by atoms with Crippen LogP contribution < -0.4 is 10.6 Å². The largest absolute Gasteiger partial charge is 0.352 e. The van der Waals surface area contributed by atoms with Crippen LogP contribution in [0.15, 0.2) is 60.7 Å². The Labute approximate surface area is 155 Å². The van der Waals surface area contributed by atoms with Gasteiger partial charge >= 0.3 is 0 Å². The molecule has 3 rings (SSSR count). The summed E-state index contributed by atoms with van der Waals surface area (Å²) in [7, 11) is 0. The molecule has 6 heteroatoms. The maximum atomic E-state index is 13.5. The van der Waals surface area contributed by atoms with Crippen molar-refractivity contribution in [2.75, 3.05) is 6.54 Å². The van der Waals surface area contributed by atoms with Crippen LogP contribution in [0.3, 0.4) is 0 Å². The molecule has 0 atom stereocenters. The number of hydrogen-bond acceptors (Lipinski definition) is 2. The number of halogens is 2. The highest BCUT2D eigenvalue weighted by molar-refractivity contribution is 5.94. The van der Waals surface area contributed by atoms with E-state index in [-0.39, 0.29) is 24.4 Å². The third kappa shape index (κ3) is 4.88. The molecule has 0 radical (unpaired) electrons. The number of rotatable bonds is 6. The van der Waals surface area contributed by atoms with E-state index in [0.717, 1.165) is 28.5 Å². The molecule has 0 unspecified atom stereocenters. The zero-order valence-corrected chi connectivity index (χ0v) is 14.5. The highest BCUT2D eigenvalue weighted by Crippen LogP contribution is 2.15. The number of nitrogens with one attached hydrogen (secondary N) is 2. The summed E-state index contributed by atoms with van der Waals surface area (Å²) in [6.45, 7) is 0.434. The average molecular weight is 368 g/mol. The fraction of sp³-hybridized carbons (Fsp3) is 0.143. The van der Waals surface area contributed by atoms with Gasteiger partial charge in [-0.15, -0.1) is 0 Å². The zero-order chi connectivity index (χ0) is 19.2. The van der Waals surface area contributed by atoms with Gasteiger partial charge in [-0.3, -0.25) is 9.59 Å². The van der Waals surface area contributed by atoms with Crippen molar-refractivity contribution in [3.8, 4) is 0 Å². The second-order valence-electron chi connectivity index (χ2n) is 6.09. The molecule has 0 aliphatic heterocycles. The molecule has 4 nitrogen and oxygen atoms in total. The molecule has 0 saturated heterocycles. The Bertz CT molecular complexity index is 989. The minimum Gasteiger partial charge on any atom is -0.352 e. The third-order valence-corrected chi connectivity index (χ3v) is 4.12. The second-order valence-corrected chi connectivity index (χ2v) is 6.09. The summed E-state index contributed by atoms with van der Waals surface area (Å²) in [5, 5.41) is 7.46. The van der Waals surface area contributed by atoms with Gasteiger partial charge < -0.3 is 10.6 Å². The first-order chi connectivity index (χ1) is 13.0. The lowest BCUT2D eigenvalue weighted by Gasteiger charge is -2.08. The van der Waals surface area contributed by atoms with Gasteiger partial charge in [0, 0.05) is 25.6 Å². The van der Waals surface area contributed by atoms with Gasteiger partial charge in [0.25, 0.3) is 5.91 Å². The summed E-state index contributed by atoms with van der Waals surface area (Å²) in [5.41, 5.74) is 0.715. The van der Waals surface area contributed by atoms with Crippen LogP contribution in [0.25, 0.3) is 10.8 Å². The van der Waals surface area contributed by atoms with Crippen LogP contribution >= 0.6 is 0 Å². The molecular formula is C21H18F2N2O2. The van der Waals surface area contributed by atoms with Gasteiger partial charge in [-0.25, -0.2) is 8.78 Å². The highest BCUT2D eigenvalue weighted by atomic mass is 19.1. The molecule has 0 aliphatic carbocycles. The van der Waals surface area contributed by atoms with Gasteiger partial charge in [0.1, 0.15) is 11.6 Å². The van der Waals surface area contributed by atoms with Gasteiger partial charge in [-0.2, -0.15) is 0 Å². The lowest BCUT2D eigenvalue weighted by Crippen LogP contribution is -2.31. The normalized spacial score (nSPS) is 10.6. The maximum Gasteiger partial charge on any atom is 0.254 e. The molecule has 2 amide bonds. The summed E-state index contributed by atoms with van der Waals surface area (Å²) < 4.78 is 26.4. The van der Waals surface area contributed by atoms with Crippen molar-refractivity contribution in [1.82, 2.24) is 10.6 Å². The fourth-order valence-corrected chi connectivity index (χ4v) is 2.70. The van der Waals surface area contributed by atoms with E-state index in [4.69, 9.17) is 0 Å². The van der Waals surface area contributed by atoms with Crippen LogP contribution in [0.2, 0.25) is 0 Å². The van der Waals surface area contributed by atoms with E-state index >= 15 is 0 Å². The Kier molecular flexibility index (Phi) is 5.76. The van der Waals surface area contributed by atoms with Crippen LogP contribution in [0.4, 0.5) is 8.78 Å². The minimum atomic E-state index is -0.937. The van der Waals surface area contributed by atoms with E-state index in [2.05, 4.69) is 10.6 Å². The standard InChI is InChI=1S/C21H18F2N2O2/c22-17-7-8-18(19(23)12-17)21(27)24-10-9-20(26)25-13-14-5-6-15-3-1-2-4-16(15)11-14/h1-8,11-12H,9-10,13H2,(H,24,27)(H,25,26). The predicted molar refractivity (Wildman–Crippen MR) is 99.1 cm³/mol. The van der Waals surface area contributed by atoms with Gasteiger partial charge in [-0.05, 0) is 34.5 Å². The number of amides is 2. The number of carbonyl (C=O) groups excluding carboxylic acids is 2. The molecule has 0 bridgehead atoms. The summed E-state index contributed by atoms with van der Waals surface area (Å²) >= 11 is 0. The molecule has 27 heavy (non-hydrogen) atoms. The molecule has 0 fully saturated rings. The van der Waals surface area contributed by atoms with Crippen molar-refractivity contribution in [2.45, 2.75) is 13.0 Å². The van der Waals surface area contributed by atoms with Gasteiger partial charge in [0.15, 0.2) is 0 Å². The second kappa shape index (κ2) is 8.40. The van der Waals surface area contributed by atoms with E-state index in [9.17, 15) is 18.4 Å². The first-order valence-electron chi connectivity index (χ1n) is 8.50. The van der Waals surface area contributed by atoms with Crippen molar-refractivity contribution in [1.29, 1.82) is 0 Å². The highest BCUT2D eigenvalue weighted by Gasteiger charge is 2.12. The lowest BCUT2D eigenvalue weighted by molar-refractivity contribution is -0.121. The Morgan fingerprint density at radius 2 is 1.63 bits per heavy atom. The molecule has 2 N–H and O–H groups in total. The Hall–Kier alpha value is -3.28. The third-order valence-electron chi connectivity index (χ3n) is 4.12. The summed E-state index contributed by atoms with van der Waals surface area (Å²) in [6, 6.07) is 16.6. The molecular weight excluding hydrogens is 350 g/mol. The molecule has 0 aliphatic rings. The van der Waals surface area contributed by atoms with Crippen molar-refractivity contribution in [2.24, 2.45) is 0 Å². The number of fused-ring (bicyclic) bond motifs is 1.